The highest BCUT2D eigenvalue weighted by atomic mass is 16.5. The van der Waals surface area contributed by atoms with Gasteiger partial charge in [-0.1, -0.05) is 25.1 Å². The predicted octanol–water partition coefficient (Wildman–Crippen LogP) is 3.41. The zero-order chi connectivity index (χ0) is 27.9. The standard InChI is InChI=1S/C30H41N3O6/c1-20-16-33(21(2)19-34)30(36)25-6-5-7-26(31-29(35)23-12-14-38-15-13-23)28(25)39-27(20)18-32(3)17-22-8-10-24(37-4)11-9-22/h5-11,20-21,23,27,34H,12-19H2,1-4H3,(H,31,35)/t20-,21+,27+/m0/s1. The lowest BCUT2D eigenvalue weighted by atomic mass is 9.98. The molecule has 1 saturated heterocycles. The van der Waals surface area contributed by atoms with Crippen LogP contribution in [0.1, 0.15) is 42.6 Å². The van der Waals surface area contributed by atoms with Crippen LogP contribution in [0.5, 0.6) is 11.5 Å². The van der Waals surface area contributed by atoms with Gasteiger partial charge in [-0.3, -0.25) is 14.5 Å². The first-order chi connectivity index (χ1) is 18.8. The lowest BCUT2D eigenvalue weighted by Crippen LogP contribution is -2.49. The molecule has 212 valence electrons. The van der Waals surface area contributed by atoms with Gasteiger partial charge in [0, 0.05) is 44.7 Å². The Morgan fingerprint density at radius 3 is 2.59 bits per heavy atom. The number of hydrogen-bond donors (Lipinski definition) is 2. The number of carbonyl (C=O) groups is 2. The van der Waals surface area contributed by atoms with Crippen molar-refractivity contribution in [3.05, 3.63) is 53.6 Å². The van der Waals surface area contributed by atoms with Gasteiger partial charge in [0.2, 0.25) is 5.91 Å². The molecule has 2 aliphatic rings. The normalized spacial score (nSPS) is 21.0. The molecular weight excluding hydrogens is 498 g/mol. The fraction of sp³-hybridized carbons (Fsp3) is 0.533. The summed E-state index contributed by atoms with van der Waals surface area (Å²) in [4.78, 5) is 30.7. The average Bonchev–Trinajstić information content (AvgIpc) is 2.95. The summed E-state index contributed by atoms with van der Waals surface area (Å²) in [5.41, 5.74) is 2.02. The number of carbonyl (C=O) groups excluding carboxylic acids is 2. The number of para-hydroxylation sites is 1. The fourth-order valence-electron chi connectivity index (χ4n) is 5.17. The Labute approximate surface area is 231 Å². The molecule has 9 heteroatoms. The number of rotatable bonds is 9. The lowest BCUT2D eigenvalue weighted by Gasteiger charge is -2.38. The summed E-state index contributed by atoms with van der Waals surface area (Å²) in [5, 5.41) is 13.0. The topological polar surface area (TPSA) is 101 Å². The number of anilines is 1. The highest BCUT2D eigenvalue weighted by Gasteiger charge is 2.35. The molecule has 2 N–H and O–H groups in total. The monoisotopic (exact) mass is 539 g/mol. The van der Waals surface area contributed by atoms with Crippen molar-refractivity contribution in [3.8, 4) is 11.5 Å². The van der Waals surface area contributed by atoms with Crippen molar-refractivity contribution in [2.24, 2.45) is 11.8 Å². The largest absolute Gasteiger partial charge is 0.497 e. The minimum atomic E-state index is -0.357. The number of aliphatic hydroxyl groups is 1. The summed E-state index contributed by atoms with van der Waals surface area (Å²) in [6.45, 7) is 6.64. The summed E-state index contributed by atoms with van der Waals surface area (Å²) in [6.07, 6.45) is 1.06. The molecule has 3 atom stereocenters. The van der Waals surface area contributed by atoms with E-state index in [2.05, 4.69) is 17.1 Å². The van der Waals surface area contributed by atoms with E-state index in [1.54, 1.807) is 30.2 Å². The Bertz CT molecular complexity index is 1120. The van der Waals surface area contributed by atoms with Gasteiger partial charge >= 0.3 is 0 Å². The van der Waals surface area contributed by atoms with Crippen LogP contribution >= 0.6 is 0 Å². The first-order valence-electron chi connectivity index (χ1n) is 13.7. The molecule has 2 aromatic rings. The summed E-state index contributed by atoms with van der Waals surface area (Å²) >= 11 is 0. The SMILES string of the molecule is COc1ccc(CN(C)C[C@H]2Oc3c(NC(=O)C4CCOCC4)cccc3C(=O)N([C@H](C)CO)C[C@@H]2C)cc1. The van der Waals surface area contributed by atoms with Gasteiger partial charge in [-0.25, -0.2) is 0 Å². The first-order valence-corrected chi connectivity index (χ1v) is 13.7. The van der Waals surface area contributed by atoms with E-state index < -0.39 is 0 Å². The quantitative estimate of drug-likeness (QED) is 0.504. The van der Waals surface area contributed by atoms with E-state index >= 15 is 0 Å². The van der Waals surface area contributed by atoms with Crippen molar-refractivity contribution in [3.63, 3.8) is 0 Å². The van der Waals surface area contributed by atoms with Gasteiger partial charge in [0.25, 0.3) is 5.91 Å². The third kappa shape index (κ3) is 7.09. The number of hydrogen-bond acceptors (Lipinski definition) is 7. The molecule has 1 fully saturated rings. The molecule has 9 nitrogen and oxygen atoms in total. The number of ether oxygens (including phenoxy) is 3. The molecule has 0 unspecified atom stereocenters. The molecule has 0 bridgehead atoms. The van der Waals surface area contributed by atoms with Crippen LogP contribution in [0.3, 0.4) is 0 Å². The third-order valence-electron chi connectivity index (χ3n) is 7.64. The van der Waals surface area contributed by atoms with E-state index in [0.717, 1.165) is 11.3 Å². The van der Waals surface area contributed by atoms with Crippen LogP contribution in [-0.4, -0.2) is 85.9 Å². The van der Waals surface area contributed by atoms with Gasteiger partial charge in [0.15, 0.2) is 5.75 Å². The van der Waals surface area contributed by atoms with E-state index in [4.69, 9.17) is 14.2 Å². The average molecular weight is 540 g/mol. The zero-order valence-corrected chi connectivity index (χ0v) is 23.4. The van der Waals surface area contributed by atoms with Gasteiger partial charge in [0.1, 0.15) is 11.9 Å². The molecular formula is C30H41N3O6. The Morgan fingerprint density at radius 2 is 1.92 bits per heavy atom. The molecule has 2 aromatic carbocycles. The van der Waals surface area contributed by atoms with E-state index in [1.807, 2.05) is 38.2 Å². The van der Waals surface area contributed by atoms with Crippen LogP contribution in [0.2, 0.25) is 0 Å². The summed E-state index contributed by atoms with van der Waals surface area (Å²) in [6, 6.07) is 12.9. The number of fused-ring (bicyclic) bond motifs is 1. The van der Waals surface area contributed by atoms with Crippen molar-refractivity contribution >= 4 is 17.5 Å². The summed E-state index contributed by atoms with van der Waals surface area (Å²) < 4.78 is 17.3. The second-order valence-corrected chi connectivity index (χ2v) is 10.7. The second kappa shape index (κ2) is 13.3. The van der Waals surface area contributed by atoms with Crippen LogP contribution in [0.15, 0.2) is 42.5 Å². The second-order valence-electron chi connectivity index (χ2n) is 10.7. The Hall–Kier alpha value is -3.14. The number of nitrogens with zero attached hydrogens (tertiary/aromatic N) is 2. The molecule has 0 aromatic heterocycles. The van der Waals surface area contributed by atoms with Crippen LogP contribution in [0.25, 0.3) is 0 Å². The molecule has 2 aliphatic heterocycles. The van der Waals surface area contributed by atoms with Crippen LogP contribution in [0, 0.1) is 11.8 Å². The van der Waals surface area contributed by atoms with Crippen LogP contribution < -0.4 is 14.8 Å². The fourth-order valence-corrected chi connectivity index (χ4v) is 5.17. The van der Waals surface area contributed by atoms with Crippen molar-refractivity contribution in [2.45, 2.75) is 45.4 Å². The molecule has 0 saturated carbocycles. The van der Waals surface area contributed by atoms with Crippen molar-refractivity contribution in [1.82, 2.24) is 9.80 Å². The van der Waals surface area contributed by atoms with E-state index in [0.29, 0.717) is 62.7 Å². The highest BCUT2D eigenvalue weighted by molar-refractivity contribution is 6.02. The summed E-state index contributed by atoms with van der Waals surface area (Å²) in [5.74, 6) is 0.710. The molecule has 0 aliphatic carbocycles. The van der Waals surface area contributed by atoms with Crippen LogP contribution in [0.4, 0.5) is 5.69 Å². The molecule has 0 radical (unpaired) electrons. The summed E-state index contributed by atoms with van der Waals surface area (Å²) in [7, 11) is 3.69. The zero-order valence-electron chi connectivity index (χ0n) is 23.4. The minimum Gasteiger partial charge on any atom is -0.497 e. The van der Waals surface area contributed by atoms with E-state index in [1.165, 1.54) is 0 Å². The Morgan fingerprint density at radius 1 is 1.21 bits per heavy atom. The maximum Gasteiger partial charge on any atom is 0.258 e. The van der Waals surface area contributed by atoms with E-state index in [9.17, 15) is 14.7 Å². The molecule has 2 amide bonds. The number of benzene rings is 2. The number of methoxy groups -OCH3 is 1. The lowest BCUT2D eigenvalue weighted by molar-refractivity contribution is -0.122. The number of aliphatic hydroxyl groups excluding tert-OH is 1. The third-order valence-corrected chi connectivity index (χ3v) is 7.64. The van der Waals surface area contributed by atoms with E-state index in [-0.39, 0.29) is 42.4 Å². The van der Waals surface area contributed by atoms with Gasteiger partial charge in [-0.2, -0.15) is 0 Å². The van der Waals surface area contributed by atoms with Gasteiger partial charge in [-0.05, 0) is 56.6 Å². The molecule has 0 spiro atoms. The van der Waals surface area contributed by atoms with Gasteiger partial charge in [0.05, 0.1) is 31.0 Å². The van der Waals surface area contributed by atoms with Crippen LogP contribution in [-0.2, 0) is 16.1 Å². The Balaban J connectivity index is 1.61. The van der Waals surface area contributed by atoms with Crippen molar-refractivity contribution in [1.29, 1.82) is 0 Å². The first kappa shape index (κ1) is 28.9. The van der Waals surface area contributed by atoms with Crippen molar-refractivity contribution in [2.75, 3.05) is 52.4 Å². The highest BCUT2D eigenvalue weighted by Crippen LogP contribution is 2.35. The predicted molar refractivity (Wildman–Crippen MR) is 149 cm³/mol. The number of amides is 2. The number of likely N-dealkylation sites (N-methyl/N-ethyl adjacent to an activating group) is 1. The maximum absolute atomic E-state index is 13.7. The molecule has 4 rings (SSSR count). The smallest absolute Gasteiger partial charge is 0.258 e. The maximum atomic E-state index is 13.7. The van der Waals surface area contributed by atoms with Crippen molar-refractivity contribution < 1.29 is 28.9 Å². The number of nitrogens with one attached hydrogen (secondary N) is 1. The van der Waals surface area contributed by atoms with Gasteiger partial charge < -0.3 is 29.5 Å². The Kier molecular flexibility index (Phi) is 9.83. The van der Waals surface area contributed by atoms with Gasteiger partial charge in [-0.15, -0.1) is 0 Å². The molecule has 39 heavy (non-hydrogen) atoms. The minimum absolute atomic E-state index is 0.0336. The molecule has 2 heterocycles.